The molecule has 2 rings (SSSR count). The Kier molecular flexibility index (Phi) is 8.68. The van der Waals surface area contributed by atoms with E-state index in [1.807, 2.05) is 0 Å². The van der Waals surface area contributed by atoms with Gasteiger partial charge in [0.1, 0.15) is 5.00 Å². The van der Waals surface area contributed by atoms with E-state index in [1.54, 1.807) is 11.3 Å². The summed E-state index contributed by atoms with van der Waals surface area (Å²) in [6.45, 7) is 3.09. The van der Waals surface area contributed by atoms with Crippen LogP contribution in [-0.4, -0.2) is 24.7 Å². The Morgan fingerprint density at radius 1 is 1.16 bits per heavy atom. The largest absolute Gasteiger partial charge is 0.465 e. The van der Waals surface area contributed by atoms with E-state index in [0.29, 0.717) is 10.7 Å². The zero-order chi connectivity index (χ0) is 18.1. The molecule has 0 aromatic carbocycles. The Morgan fingerprint density at radius 3 is 2.68 bits per heavy atom. The van der Waals surface area contributed by atoms with Gasteiger partial charge in [0.25, 0.3) is 0 Å². The summed E-state index contributed by atoms with van der Waals surface area (Å²) < 4.78 is 5.02. The van der Waals surface area contributed by atoms with Gasteiger partial charge < -0.3 is 15.4 Å². The molecule has 1 heterocycles. The molecule has 0 fully saturated rings. The summed E-state index contributed by atoms with van der Waals surface area (Å²) in [7, 11) is 1.44. The molecule has 0 radical (unpaired) electrons. The number of methoxy groups -OCH3 is 1. The highest BCUT2D eigenvalue weighted by atomic mass is 32.1. The number of hydrogen-bond donors (Lipinski definition) is 2. The summed E-state index contributed by atoms with van der Waals surface area (Å²) >= 11 is 7.08. The average molecular weight is 383 g/mol. The second-order valence-electron chi connectivity index (χ2n) is 6.56. The maximum atomic E-state index is 12.3. The first-order valence-corrected chi connectivity index (χ1v) is 10.7. The van der Waals surface area contributed by atoms with Crippen molar-refractivity contribution in [2.24, 2.45) is 0 Å². The first-order chi connectivity index (χ1) is 12.2. The Morgan fingerprint density at radius 2 is 1.92 bits per heavy atom. The maximum Gasteiger partial charge on any atom is 0.341 e. The second-order valence-corrected chi connectivity index (χ2v) is 8.07. The third kappa shape index (κ3) is 5.96. The molecule has 1 aromatic rings. The molecule has 1 aliphatic rings. The molecular formula is C19H30N2O2S2. The number of aryl methyl sites for hydroxylation is 1. The number of thiocarbonyl (C=S) groups is 1. The van der Waals surface area contributed by atoms with Crippen molar-refractivity contribution in [1.82, 2.24) is 5.32 Å². The number of unbranched alkanes of at least 4 members (excludes halogenated alkanes) is 4. The lowest BCUT2D eigenvalue weighted by Crippen LogP contribution is -2.29. The molecule has 4 nitrogen and oxygen atoms in total. The molecule has 0 atom stereocenters. The first-order valence-electron chi connectivity index (χ1n) is 9.45. The third-order valence-electron chi connectivity index (χ3n) is 4.60. The van der Waals surface area contributed by atoms with Gasteiger partial charge in [-0.15, -0.1) is 11.3 Å². The summed E-state index contributed by atoms with van der Waals surface area (Å²) in [5.41, 5.74) is 1.86. The van der Waals surface area contributed by atoms with Crippen LogP contribution in [0.2, 0.25) is 0 Å². The highest BCUT2D eigenvalue weighted by molar-refractivity contribution is 7.80. The molecule has 0 bridgehead atoms. The van der Waals surface area contributed by atoms with E-state index in [-0.39, 0.29) is 5.97 Å². The fourth-order valence-electron chi connectivity index (χ4n) is 3.23. The highest BCUT2D eigenvalue weighted by Gasteiger charge is 2.25. The van der Waals surface area contributed by atoms with Gasteiger partial charge in [-0.1, -0.05) is 39.0 Å². The number of carbonyl (C=O) groups is 1. The van der Waals surface area contributed by atoms with Gasteiger partial charge in [0.15, 0.2) is 5.11 Å². The lowest BCUT2D eigenvalue weighted by molar-refractivity contribution is 0.0601. The van der Waals surface area contributed by atoms with Crippen LogP contribution in [0.25, 0.3) is 0 Å². The summed E-state index contributed by atoms with van der Waals surface area (Å²) in [4.78, 5) is 13.6. The van der Waals surface area contributed by atoms with Crippen LogP contribution in [-0.2, 0) is 17.6 Å². The number of rotatable bonds is 8. The smallest absolute Gasteiger partial charge is 0.341 e. The molecule has 1 aliphatic carbocycles. The molecule has 25 heavy (non-hydrogen) atoms. The molecule has 140 valence electrons. The van der Waals surface area contributed by atoms with E-state index >= 15 is 0 Å². The van der Waals surface area contributed by atoms with Gasteiger partial charge in [0.2, 0.25) is 0 Å². The molecule has 0 saturated carbocycles. The van der Waals surface area contributed by atoms with Gasteiger partial charge in [0.05, 0.1) is 12.7 Å². The molecule has 0 unspecified atom stereocenters. The van der Waals surface area contributed by atoms with E-state index in [1.165, 1.54) is 56.1 Å². The molecule has 0 amide bonds. The van der Waals surface area contributed by atoms with E-state index in [4.69, 9.17) is 17.0 Å². The molecule has 0 aliphatic heterocycles. The van der Waals surface area contributed by atoms with Crippen molar-refractivity contribution >= 4 is 39.6 Å². The van der Waals surface area contributed by atoms with Crippen molar-refractivity contribution in [3.8, 4) is 0 Å². The van der Waals surface area contributed by atoms with Crippen LogP contribution in [0.3, 0.4) is 0 Å². The van der Waals surface area contributed by atoms with Gasteiger partial charge in [-0.2, -0.15) is 0 Å². The van der Waals surface area contributed by atoms with E-state index in [2.05, 4.69) is 17.6 Å². The number of anilines is 1. The lowest BCUT2D eigenvalue weighted by atomic mass is 10.1. The van der Waals surface area contributed by atoms with Gasteiger partial charge in [-0.3, -0.25) is 0 Å². The Balaban J connectivity index is 1.96. The van der Waals surface area contributed by atoms with Crippen LogP contribution < -0.4 is 10.6 Å². The van der Waals surface area contributed by atoms with Crippen LogP contribution in [0.5, 0.6) is 0 Å². The highest BCUT2D eigenvalue weighted by Crippen LogP contribution is 2.37. The molecule has 0 spiro atoms. The second kappa shape index (κ2) is 10.8. The van der Waals surface area contributed by atoms with Gasteiger partial charge >= 0.3 is 5.97 Å². The van der Waals surface area contributed by atoms with Crippen LogP contribution in [0.15, 0.2) is 0 Å². The molecule has 0 saturated heterocycles. The van der Waals surface area contributed by atoms with Crippen LogP contribution in [0.1, 0.15) is 79.1 Å². The predicted octanol–water partition coefficient (Wildman–Crippen LogP) is 5.06. The third-order valence-corrected chi connectivity index (χ3v) is 6.06. The van der Waals surface area contributed by atoms with Crippen LogP contribution in [0.4, 0.5) is 5.00 Å². The maximum absolute atomic E-state index is 12.3. The minimum atomic E-state index is -0.260. The van der Waals surface area contributed by atoms with Crippen molar-refractivity contribution in [3.05, 3.63) is 16.0 Å². The van der Waals surface area contributed by atoms with Crippen molar-refractivity contribution in [3.63, 3.8) is 0 Å². The Bertz CT molecular complexity index is 584. The van der Waals surface area contributed by atoms with E-state index < -0.39 is 0 Å². The van der Waals surface area contributed by atoms with E-state index in [0.717, 1.165) is 37.2 Å². The number of fused-ring (bicyclic) bond motifs is 1. The van der Waals surface area contributed by atoms with Crippen LogP contribution in [0, 0.1) is 0 Å². The Labute approximate surface area is 160 Å². The standard InChI is InChI=1S/C19H30N2O2S2/c1-3-4-5-6-10-13-20-19(24)21-17-16(18(22)23-2)14-11-8-7-9-12-15(14)25-17/h3-13H2,1-2H3,(H2,20,21,24). The number of thiophene rings is 1. The van der Waals surface area contributed by atoms with Crippen molar-refractivity contribution in [2.75, 3.05) is 19.0 Å². The Hall–Kier alpha value is -1.14. The van der Waals surface area contributed by atoms with Crippen LogP contribution >= 0.6 is 23.6 Å². The summed E-state index contributed by atoms with van der Waals surface area (Å²) in [6.07, 6.45) is 11.7. The monoisotopic (exact) mass is 382 g/mol. The van der Waals surface area contributed by atoms with E-state index in [9.17, 15) is 4.79 Å². The summed E-state index contributed by atoms with van der Waals surface area (Å²) in [6, 6.07) is 0. The quantitative estimate of drug-likeness (QED) is 0.285. The van der Waals surface area contributed by atoms with Gasteiger partial charge in [-0.25, -0.2) is 4.79 Å². The number of nitrogens with one attached hydrogen (secondary N) is 2. The zero-order valence-corrected chi connectivity index (χ0v) is 17.0. The summed E-state index contributed by atoms with van der Waals surface area (Å²) in [5.74, 6) is -0.260. The fourth-order valence-corrected chi connectivity index (χ4v) is 4.78. The minimum Gasteiger partial charge on any atom is -0.465 e. The number of hydrogen-bond acceptors (Lipinski definition) is 4. The zero-order valence-electron chi connectivity index (χ0n) is 15.4. The number of ether oxygens (including phenoxy) is 1. The molecular weight excluding hydrogens is 352 g/mol. The summed E-state index contributed by atoms with van der Waals surface area (Å²) in [5, 5.41) is 7.93. The van der Waals surface area contributed by atoms with Crippen molar-refractivity contribution < 1.29 is 9.53 Å². The fraction of sp³-hybridized carbons (Fsp3) is 0.684. The average Bonchev–Trinajstić information content (AvgIpc) is 2.78. The molecule has 1 aromatic heterocycles. The topological polar surface area (TPSA) is 50.4 Å². The predicted molar refractivity (Wildman–Crippen MR) is 110 cm³/mol. The number of carbonyl (C=O) groups excluding carboxylic acids is 1. The normalized spacial score (nSPS) is 13.7. The SMILES string of the molecule is CCCCCCCNC(=S)Nc1sc2c(c1C(=O)OC)CCCCC2. The van der Waals surface area contributed by atoms with Crippen molar-refractivity contribution in [1.29, 1.82) is 0 Å². The molecule has 2 N–H and O–H groups in total. The lowest BCUT2D eigenvalue weighted by Gasteiger charge is -2.11. The first kappa shape index (κ1) is 20.2. The minimum absolute atomic E-state index is 0.260. The molecule has 6 heteroatoms. The van der Waals surface area contributed by atoms with Gasteiger partial charge in [0, 0.05) is 11.4 Å². The number of esters is 1. The van der Waals surface area contributed by atoms with Crippen molar-refractivity contribution in [2.45, 2.75) is 71.1 Å². The van der Waals surface area contributed by atoms with Gasteiger partial charge in [-0.05, 0) is 49.9 Å².